The van der Waals surface area contributed by atoms with Crippen LogP contribution in [0.1, 0.15) is 203 Å². The van der Waals surface area contributed by atoms with Crippen LogP contribution in [0.15, 0.2) is 11.6 Å². The molecule has 0 aliphatic heterocycles. The molecule has 51 heavy (non-hydrogen) atoms. The first kappa shape index (κ1) is 40.5. The molecule has 0 unspecified atom stereocenters. The van der Waals surface area contributed by atoms with Gasteiger partial charge in [0.05, 0.1) is 10.8 Å². The number of aliphatic carboxylic acids is 1. The number of fused-ring (bicyclic) bond motifs is 7. The molecule has 0 saturated heterocycles. The second-order valence-electron chi connectivity index (χ2n) is 20.2. The third kappa shape index (κ3) is 7.67. The van der Waals surface area contributed by atoms with Gasteiger partial charge in [0.1, 0.15) is 12.4 Å². The van der Waals surface area contributed by atoms with Crippen LogP contribution in [0.3, 0.4) is 0 Å². The number of hydrogen-bond acceptors (Lipinski definition) is 4. The average Bonchev–Trinajstić information content (AvgIpc) is 3.08. The largest absolute Gasteiger partial charge is 0.481 e. The predicted molar refractivity (Wildman–Crippen MR) is 207 cm³/mol. The molecule has 0 aromatic carbocycles. The van der Waals surface area contributed by atoms with E-state index in [9.17, 15) is 19.5 Å². The average molecular weight is 709 g/mol. The van der Waals surface area contributed by atoms with Gasteiger partial charge < -0.3 is 9.84 Å². The normalized spacial score (nSPS) is 38.5. The molecule has 0 bridgehead atoms. The number of carbonyl (C=O) groups is 3. The summed E-state index contributed by atoms with van der Waals surface area (Å²) in [7, 11) is 0. The minimum Gasteiger partial charge on any atom is -0.481 e. The first-order valence-corrected chi connectivity index (χ1v) is 21.7. The Bertz CT molecular complexity index is 1280. The van der Waals surface area contributed by atoms with Crippen molar-refractivity contribution in [3.05, 3.63) is 11.6 Å². The van der Waals surface area contributed by atoms with Crippen LogP contribution in [0, 0.1) is 50.2 Å². The van der Waals surface area contributed by atoms with Gasteiger partial charge >= 0.3 is 11.9 Å². The minimum absolute atomic E-state index is 0.0324. The molecule has 5 nitrogen and oxygen atoms in total. The lowest BCUT2D eigenvalue weighted by Crippen LogP contribution is -2.65. The summed E-state index contributed by atoms with van der Waals surface area (Å²) < 4.78 is 6.01. The fourth-order valence-electron chi connectivity index (χ4n) is 13.0. The fraction of sp³-hybridized carbons (Fsp3) is 0.891. The molecule has 0 heterocycles. The van der Waals surface area contributed by atoms with E-state index in [-0.39, 0.29) is 51.9 Å². The Kier molecular flexibility index (Phi) is 12.7. The highest BCUT2D eigenvalue weighted by atomic mass is 16.5. The van der Waals surface area contributed by atoms with Crippen molar-refractivity contribution in [2.24, 2.45) is 50.2 Å². The van der Waals surface area contributed by atoms with Crippen LogP contribution in [0.25, 0.3) is 0 Å². The molecule has 1 N–H and O–H groups in total. The molecule has 0 spiro atoms. The summed E-state index contributed by atoms with van der Waals surface area (Å²) in [5.74, 6) is 0.251. The zero-order valence-electron chi connectivity index (χ0n) is 34.1. The lowest BCUT2D eigenvalue weighted by molar-refractivity contribution is -0.197. The van der Waals surface area contributed by atoms with E-state index in [4.69, 9.17) is 4.74 Å². The molecular formula is C46H76O5. The van der Waals surface area contributed by atoms with E-state index < -0.39 is 16.8 Å². The second-order valence-corrected chi connectivity index (χ2v) is 20.2. The molecule has 0 aromatic heterocycles. The Morgan fingerprint density at radius 2 is 1.35 bits per heavy atom. The van der Waals surface area contributed by atoms with Crippen molar-refractivity contribution in [1.29, 1.82) is 0 Å². The number of carbonyl (C=O) groups excluding carboxylic acids is 2. The van der Waals surface area contributed by atoms with Gasteiger partial charge in [-0.2, -0.15) is 0 Å². The van der Waals surface area contributed by atoms with E-state index in [1.807, 2.05) is 0 Å². The van der Waals surface area contributed by atoms with E-state index >= 15 is 0 Å². The molecule has 5 aliphatic rings. The molecule has 5 heteroatoms. The molecule has 4 saturated carbocycles. The number of hydrogen-bond donors (Lipinski definition) is 1. The van der Waals surface area contributed by atoms with Crippen LogP contribution < -0.4 is 0 Å². The molecule has 0 aromatic rings. The summed E-state index contributed by atoms with van der Waals surface area (Å²) in [4.78, 5) is 39.8. The summed E-state index contributed by atoms with van der Waals surface area (Å²) in [6.07, 6.45) is 28.4. The maximum Gasteiger partial charge on any atom is 0.310 e. The molecule has 0 amide bonds. The van der Waals surface area contributed by atoms with Gasteiger partial charge in [0.15, 0.2) is 0 Å². The Morgan fingerprint density at radius 3 is 1.96 bits per heavy atom. The summed E-state index contributed by atoms with van der Waals surface area (Å²) in [6, 6.07) is 0. The maximum atomic E-state index is 13.8. The Hall–Kier alpha value is -1.65. The number of carboxylic acids is 1. The van der Waals surface area contributed by atoms with E-state index in [1.165, 1.54) is 76.2 Å². The van der Waals surface area contributed by atoms with Crippen LogP contribution in [0.4, 0.5) is 0 Å². The smallest absolute Gasteiger partial charge is 0.310 e. The van der Waals surface area contributed by atoms with Crippen LogP contribution in [0.2, 0.25) is 0 Å². The van der Waals surface area contributed by atoms with E-state index in [0.29, 0.717) is 18.8 Å². The Balaban J connectivity index is 1.17. The number of ether oxygens (including phenoxy) is 1. The quantitative estimate of drug-likeness (QED) is 0.0924. The topological polar surface area (TPSA) is 80.7 Å². The van der Waals surface area contributed by atoms with Gasteiger partial charge in [-0.1, -0.05) is 130 Å². The first-order chi connectivity index (χ1) is 24.1. The lowest BCUT2D eigenvalue weighted by Gasteiger charge is -2.70. The zero-order valence-corrected chi connectivity index (χ0v) is 34.1. The summed E-state index contributed by atoms with van der Waals surface area (Å²) in [6.45, 7) is 16.7. The molecule has 4 fully saturated rings. The lowest BCUT2D eigenvalue weighted by atomic mass is 9.33. The van der Waals surface area contributed by atoms with E-state index in [2.05, 4.69) is 54.5 Å². The summed E-state index contributed by atoms with van der Waals surface area (Å²) in [5, 5.41) is 10.7. The number of carboxylic acid groups (broad SMARTS) is 1. The molecule has 5 aliphatic carbocycles. The van der Waals surface area contributed by atoms with Gasteiger partial charge in [0.2, 0.25) is 0 Å². The molecule has 0 radical (unpaired) electrons. The highest BCUT2D eigenvalue weighted by Crippen LogP contribution is 2.75. The molecular weight excluding hydrogens is 633 g/mol. The van der Waals surface area contributed by atoms with Crippen molar-refractivity contribution in [3.63, 3.8) is 0 Å². The van der Waals surface area contributed by atoms with Gasteiger partial charge in [0, 0.05) is 12.8 Å². The van der Waals surface area contributed by atoms with Gasteiger partial charge in [0.25, 0.3) is 0 Å². The third-order valence-electron chi connectivity index (χ3n) is 16.6. The molecule has 8 atom stereocenters. The number of ketones is 1. The number of Topliss-reactive ketones (excluding diaryl/α,β-unsaturated/α-hetero) is 1. The predicted octanol–water partition coefficient (Wildman–Crippen LogP) is 12.4. The maximum absolute atomic E-state index is 13.8. The van der Waals surface area contributed by atoms with Gasteiger partial charge in [-0.05, 0) is 111 Å². The summed E-state index contributed by atoms with van der Waals surface area (Å²) in [5.41, 5.74) is 0.289. The van der Waals surface area contributed by atoms with Crippen molar-refractivity contribution >= 4 is 17.7 Å². The zero-order chi connectivity index (χ0) is 37.1. The Morgan fingerprint density at radius 1 is 0.765 bits per heavy atom. The third-order valence-corrected chi connectivity index (χ3v) is 16.6. The number of allylic oxidation sites excluding steroid dienone is 2. The van der Waals surface area contributed by atoms with E-state index in [0.717, 1.165) is 70.6 Å². The number of rotatable bonds is 17. The second kappa shape index (κ2) is 16.0. The van der Waals surface area contributed by atoms with Gasteiger partial charge in [-0.15, -0.1) is 0 Å². The SMILES string of the molecule is CCCCCCCCCCCCCCCC(=O)OC[C@]1(C)C(=O)CC[C@@]2(C)[C@H]1CC[C@]1(C)[C@@H]2CC=C2[C@@H]3CC(C)(C)CC[C@]3(C(=O)O)CC[C@]21C. The van der Waals surface area contributed by atoms with Crippen molar-refractivity contribution in [2.75, 3.05) is 6.61 Å². The molecule has 290 valence electrons. The van der Waals surface area contributed by atoms with Crippen LogP contribution in [-0.4, -0.2) is 29.4 Å². The van der Waals surface area contributed by atoms with Crippen molar-refractivity contribution in [3.8, 4) is 0 Å². The minimum atomic E-state index is -0.649. The van der Waals surface area contributed by atoms with Gasteiger partial charge in [-0.3, -0.25) is 14.4 Å². The van der Waals surface area contributed by atoms with Crippen LogP contribution >= 0.6 is 0 Å². The van der Waals surface area contributed by atoms with E-state index in [1.54, 1.807) is 0 Å². The first-order valence-electron chi connectivity index (χ1n) is 21.7. The molecule has 5 rings (SSSR count). The van der Waals surface area contributed by atoms with Crippen molar-refractivity contribution in [1.82, 2.24) is 0 Å². The van der Waals surface area contributed by atoms with Gasteiger partial charge in [-0.25, -0.2) is 0 Å². The highest BCUT2D eigenvalue weighted by molar-refractivity contribution is 5.86. The standard InChI is InChI=1S/C46H76O5/c1-8-9-10-11-12-13-14-15-16-17-18-19-20-21-39(48)51-33-43(5)36-24-27-45(7)37(42(36,4)26-25-38(43)47)23-22-34-35-32-41(2,3)28-30-46(35,40(49)50)31-29-44(34,45)6/h22,35-37H,8-21,23-33H2,1-7H3,(H,49,50)/t35-,36+,37+,42-,43-,44+,45+,46-/m0/s1. The van der Waals surface area contributed by atoms with Crippen LogP contribution in [-0.2, 0) is 19.1 Å². The fourth-order valence-corrected chi connectivity index (χ4v) is 13.0. The van der Waals surface area contributed by atoms with Crippen molar-refractivity contribution < 1.29 is 24.2 Å². The summed E-state index contributed by atoms with van der Waals surface area (Å²) >= 11 is 0. The highest BCUT2D eigenvalue weighted by Gasteiger charge is 2.70. The number of unbranched alkanes of at least 4 members (excludes halogenated alkanes) is 12. The monoisotopic (exact) mass is 709 g/mol. The van der Waals surface area contributed by atoms with Crippen molar-refractivity contribution in [2.45, 2.75) is 203 Å². The number of esters is 1. The Labute approximate surface area is 312 Å². The van der Waals surface area contributed by atoms with Crippen LogP contribution in [0.5, 0.6) is 0 Å².